The van der Waals surface area contributed by atoms with Gasteiger partial charge in [0.2, 0.25) is 0 Å². The predicted octanol–water partition coefficient (Wildman–Crippen LogP) is 13.0. The van der Waals surface area contributed by atoms with E-state index in [2.05, 4.69) is 193 Å². The van der Waals surface area contributed by atoms with Crippen LogP contribution in [0, 0.1) is 0 Å². The highest BCUT2D eigenvalue weighted by Crippen LogP contribution is 2.63. The summed E-state index contributed by atoms with van der Waals surface area (Å²) >= 11 is 0. The highest BCUT2D eigenvalue weighted by atomic mass is 16.5. The fourth-order valence-corrected chi connectivity index (χ4v) is 9.60. The minimum absolute atomic E-state index is 0.579. The SMILES string of the molecule is c1ccc(-c2cc(-c3ccccc3)nc(-c3cccc4c3c3ccc5c(c3n4-c3ccccc3)-c3ccccc3C53c4ccccc4Oc4ccccc43)n2)cc1. The first-order valence-electron chi connectivity index (χ1n) is 19.4. The van der Waals surface area contributed by atoms with Crippen molar-refractivity contribution in [1.29, 1.82) is 0 Å². The molecule has 57 heavy (non-hydrogen) atoms. The maximum Gasteiger partial charge on any atom is 0.161 e. The van der Waals surface area contributed by atoms with Crippen LogP contribution in [0.2, 0.25) is 0 Å². The molecule has 4 nitrogen and oxygen atoms in total. The Morgan fingerprint density at radius 2 is 0.982 bits per heavy atom. The zero-order valence-electron chi connectivity index (χ0n) is 30.8. The number of rotatable bonds is 4. The van der Waals surface area contributed by atoms with Crippen molar-refractivity contribution < 1.29 is 4.74 Å². The molecule has 4 heteroatoms. The Morgan fingerprint density at radius 3 is 1.63 bits per heavy atom. The number of fused-ring (bicyclic) bond motifs is 13. The van der Waals surface area contributed by atoms with Gasteiger partial charge in [-0.3, -0.25) is 0 Å². The highest BCUT2D eigenvalue weighted by molar-refractivity contribution is 6.20. The Balaban J connectivity index is 1.22. The van der Waals surface area contributed by atoms with Crippen molar-refractivity contribution >= 4 is 21.8 Å². The molecule has 2 aliphatic rings. The van der Waals surface area contributed by atoms with E-state index < -0.39 is 5.41 Å². The Bertz CT molecular complexity index is 3100. The lowest BCUT2D eigenvalue weighted by molar-refractivity contribution is 0.436. The third kappa shape index (κ3) is 4.50. The minimum atomic E-state index is -0.579. The molecule has 1 aliphatic carbocycles. The highest BCUT2D eigenvalue weighted by Gasteiger charge is 2.51. The summed E-state index contributed by atoms with van der Waals surface area (Å²) in [5.41, 5.74) is 14.9. The lowest BCUT2D eigenvalue weighted by Gasteiger charge is -2.39. The first-order valence-corrected chi connectivity index (χ1v) is 19.4. The van der Waals surface area contributed by atoms with Gasteiger partial charge >= 0.3 is 0 Å². The van der Waals surface area contributed by atoms with Crippen LogP contribution in [0.3, 0.4) is 0 Å². The van der Waals surface area contributed by atoms with Gasteiger partial charge in [0, 0.05) is 49.8 Å². The monoisotopic (exact) mass is 727 g/mol. The van der Waals surface area contributed by atoms with Gasteiger partial charge in [0.1, 0.15) is 11.5 Å². The van der Waals surface area contributed by atoms with Crippen molar-refractivity contribution in [3.8, 4) is 62.2 Å². The van der Waals surface area contributed by atoms with Crippen LogP contribution in [-0.2, 0) is 5.41 Å². The fourth-order valence-electron chi connectivity index (χ4n) is 9.60. The summed E-state index contributed by atoms with van der Waals surface area (Å²) < 4.78 is 9.11. The van der Waals surface area contributed by atoms with Gasteiger partial charge in [-0.1, -0.05) is 164 Å². The molecular weight excluding hydrogens is 695 g/mol. The fraction of sp³-hybridized carbons (Fsp3) is 0.0189. The van der Waals surface area contributed by atoms with Crippen molar-refractivity contribution in [3.63, 3.8) is 0 Å². The van der Waals surface area contributed by atoms with E-state index in [4.69, 9.17) is 14.7 Å². The maximum absolute atomic E-state index is 6.65. The zero-order valence-corrected chi connectivity index (χ0v) is 30.8. The molecule has 0 atom stereocenters. The second kappa shape index (κ2) is 12.2. The molecule has 0 fully saturated rings. The number of nitrogens with zero attached hydrogens (tertiary/aromatic N) is 3. The van der Waals surface area contributed by atoms with E-state index in [0.29, 0.717) is 5.82 Å². The van der Waals surface area contributed by atoms with Gasteiger partial charge in [0.25, 0.3) is 0 Å². The van der Waals surface area contributed by atoms with Gasteiger partial charge in [-0.15, -0.1) is 0 Å². The number of hydrogen-bond acceptors (Lipinski definition) is 3. The average Bonchev–Trinajstić information content (AvgIpc) is 3.78. The molecular formula is C53H33N3O. The molecule has 0 saturated carbocycles. The molecule has 3 heterocycles. The third-order valence-corrected chi connectivity index (χ3v) is 11.9. The van der Waals surface area contributed by atoms with Crippen molar-refractivity contribution in [1.82, 2.24) is 14.5 Å². The Morgan fingerprint density at radius 1 is 0.439 bits per heavy atom. The van der Waals surface area contributed by atoms with Crippen LogP contribution in [0.5, 0.6) is 11.5 Å². The maximum atomic E-state index is 6.65. The Hall–Kier alpha value is -7.56. The number of para-hydroxylation sites is 3. The van der Waals surface area contributed by atoms with Gasteiger partial charge < -0.3 is 9.30 Å². The zero-order chi connectivity index (χ0) is 37.5. The minimum Gasteiger partial charge on any atom is -0.457 e. The molecule has 0 radical (unpaired) electrons. The topological polar surface area (TPSA) is 39.9 Å². The third-order valence-electron chi connectivity index (χ3n) is 11.9. The van der Waals surface area contributed by atoms with Gasteiger partial charge in [0.15, 0.2) is 5.82 Å². The second-order valence-corrected chi connectivity index (χ2v) is 14.8. The molecule has 0 saturated heterocycles. The van der Waals surface area contributed by atoms with Crippen molar-refractivity contribution in [2.75, 3.05) is 0 Å². The van der Waals surface area contributed by atoms with Gasteiger partial charge in [-0.2, -0.15) is 0 Å². The van der Waals surface area contributed by atoms with Crippen LogP contribution in [0.4, 0.5) is 0 Å². The predicted molar refractivity (Wildman–Crippen MR) is 230 cm³/mol. The van der Waals surface area contributed by atoms with Crippen LogP contribution >= 0.6 is 0 Å². The number of benzene rings is 8. The first kappa shape index (κ1) is 31.8. The molecule has 10 aromatic rings. The van der Waals surface area contributed by atoms with E-state index in [9.17, 15) is 0 Å². The lowest BCUT2D eigenvalue weighted by atomic mass is 9.66. The van der Waals surface area contributed by atoms with Crippen molar-refractivity contribution in [3.05, 3.63) is 222 Å². The van der Waals surface area contributed by atoms with Crippen LogP contribution in [-0.4, -0.2) is 14.5 Å². The smallest absolute Gasteiger partial charge is 0.161 e. The summed E-state index contributed by atoms with van der Waals surface area (Å²) in [6.45, 7) is 0. The van der Waals surface area contributed by atoms with Crippen LogP contribution < -0.4 is 4.74 Å². The quantitative estimate of drug-likeness (QED) is 0.181. The van der Waals surface area contributed by atoms with E-state index in [-0.39, 0.29) is 0 Å². The molecule has 0 N–H and O–H groups in total. The normalized spacial score (nSPS) is 13.2. The molecule has 1 spiro atoms. The van der Waals surface area contributed by atoms with Crippen LogP contribution in [0.15, 0.2) is 200 Å². The van der Waals surface area contributed by atoms with Crippen molar-refractivity contribution in [2.45, 2.75) is 5.41 Å². The first-order chi connectivity index (χ1) is 28.3. The summed E-state index contributed by atoms with van der Waals surface area (Å²) in [5, 5.41) is 2.27. The van der Waals surface area contributed by atoms with E-state index in [1.807, 2.05) is 12.1 Å². The number of hydrogen-bond donors (Lipinski definition) is 0. The Labute approximate surface area is 330 Å². The van der Waals surface area contributed by atoms with Gasteiger partial charge in [-0.25, -0.2) is 9.97 Å². The molecule has 0 bridgehead atoms. The number of ether oxygens (including phenoxy) is 1. The standard InChI is InChI=1S/C53H33N3O/c1-4-17-34(18-5-1)44-33-45(35-19-6-2-7-20-35)55-52(54-44)39-24-16-28-46-49(39)38-31-32-43-50(51(38)56(46)36-21-8-3-9-22-36)37-23-10-11-25-40(37)53(43)41-26-12-14-29-47(41)57-48-30-15-13-27-42(48)53/h1-33H. The molecule has 2 aromatic heterocycles. The molecule has 12 rings (SSSR count). The van der Waals surface area contributed by atoms with E-state index in [1.165, 1.54) is 22.3 Å². The van der Waals surface area contributed by atoms with Crippen LogP contribution in [0.1, 0.15) is 22.3 Å². The van der Waals surface area contributed by atoms with E-state index >= 15 is 0 Å². The lowest BCUT2D eigenvalue weighted by Crippen LogP contribution is -2.32. The molecule has 1 aliphatic heterocycles. The van der Waals surface area contributed by atoms with E-state index in [0.717, 1.165) is 78.2 Å². The van der Waals surface area contributed by atoms with Crippen LogP contribution in [0.25, 0.3) is 72.5 Å². The summed E-state index contributed by atoms with van der Waals surface area (Å²) in [6, 6.07) is 71.0. The molecule has 8 aromatic carbocycles. The molecule has 0 amide bonds. The Kier molecular flexibility index (Phi) is 6.81. The van der Waals surface area contributed by atoms with Gasteiger partial charge in [-0.05, 0) is 53.1 Å². The van der Waals surface area contributed by atoms with Gasteiger partial charge in [0.05, 0.1) is 27.8 Å². The van der Waals surface area contributed by atoms with Crippen molar-refractivity contribution in [2.24, 2.45) is 0 Å². The van der Waals surface area contributed by atoms with E-state index in [1.54, 1.807) is 0 Å². The summed E-state index contributed by atoms with van der Waals surface area (Å²) in [6.07, 6.45) is 0. The molecule has 0 unspecified atom stereocenters. The molecule has 266 valence electrons. The summed E-state index contributed by atoms with van der Waals surface area (Å²) in [4.78, 5) is 10.7. The average molecular weight is 728 g/mol. The second-order valence-electron chi connectivity index (χ2n) is 14.8. The number of aromatic nitrogens is 3. The summed E-state index contributed by atoms with van der Waals surface area (Å²) in [5.74, 6) is 2.46. The largest absolute Gasteiger partial charge is 0.457 e. The summed E-state index contributed by atoms with van der Waals surface area (Å²) in [7, 11) is 0.